The predicted octanol–water partition coefficient (Wildman–Crippen LogP) is 3.91. The second-order valence-corrected chi connectivity index (χ2v) is 5.60. The Morgan fingerprint density at radius 3 is 2.58 bits per heavy atom. The second-order valence-electron chi connectivity index (χ2n) is 5.60. The molecule has 3 rings (SSSR count). The van der Waals surface area contributed by atoms with Gasteiger partial charge in [0.15, 0.2) is 5.96 Å². The van der Waals surface area contributed by atoms with Crippen LogP contribution in [0.2, 0.25) is 0 Å². The molecular formula is C20H21N3O. The van der Waals surface area contributed by atoms with Gasteiger partial charge in [-0.3, -0.25) is 0 Å². The Hall–Kier alpha value is -2.85. The molecule has 4 heteroatoms. The lowest BCUT2D eigenvalue weighted by molar-refractivity contribution is 0.185. The number of nitrogens with one attached hydrogen (secondary N) is 1. The fourth-order valence-corrected chi connectivity index (χ4v) is 2.61. The molecule has 4 nitrogen and oxygen atoms in total. The predicted molar refractivity (Wildman–Crippen MR) is 100 cm³/mol. The number of nitrogens with zero attached hydrogens (tertiary/aromatic N) is 1. The number of anilines is 1. The average molecular weight is 319 g/mol. The highest BCUT2D eigenvalue weighted by Gasteiger charge is 2.02. The lowest BCUT2D eigenvalue weighted by Gasteiger charge is -2.11. The van der Waals surface area contributed by atoms with Crippen molar-refractivity contribution >= 4 is 22.4 Å². The Bertz CT molecular complexity index is 858. The zero-order chi connectivity index (χ0) is 16.8. The molecule has 0 spiro atoms. The molecule has 0 aliphatic heterocycles. The van der Waals surface area contributed by atoms with E-state index < -0.39 is 0 Å². The molecule has 0 radical (unpaired) electrons. The first-order valence-electron chi connectivity index (χ1n) is 7.88. The number of ether oxygens (including phenoxy) is 1. The maximum atomic E-state index is 6.03. The summed E-state index contributed by atoms with van der Waals surface area (Å²) >= 11 is 0. The van der Waals surface area contributed by atoms with Gasteiger partial charge in [0.2, 0.25) is 0 Å². The molecule has 0 aliphatic carbocycles. The normalized spacial score (nSPS) is 11.6. The van der Waals surface area contributed by atoms with E-state index in [1.807, 2.05) is 36.4 Å². The van der Waals surface area contributed by atoms with Crippen molar-refractivity contribution in [3.63, 3.8) is 0 Å². The molecule has 24 heavy (non-hydrogen) atoms. The Morgan fingerprint density at radius 2 is 1.75 bits per heavy atom. The highest BCUT2D eigenvalue weighted by atomic mass is 16.5. The topological polar surface area (TPSA) is 59.6 Å². The lowest BCUT2D eigenvalue weighted by Crippen LogP contribution is -2.23. The third kappa shape index (κ3) is 3.91. The molecule has 0 amide bonds. The van der Waals surface area contributed by atoms with Crippen LogP contribution in [0, 0.1) is 0 Å². The average Bonchev–Trinajstić information content (AvgIpc) is 2.62. The standard InChI is InChI=1S/C20H21N3O/c1-24-14-18-8-4-5-9-19(18)23-20(21)22-13-15-10-11-16-6-2-3-7-17(16)12-15/h2-12H,13-14H2,1H3,(H3,21,22,23). The molecule has 0 bridgehead atoms. The maximum Gasteiger partial charge on any atom is 0.193 e. The fourth-order valence-electron chi connectivity index (χ4n) is 2.61. The van der Waals surface area contributed by atoms with E-state index in [2.05, 4.69) is 40.6 Å². The van der Waals surface area contributed by atoms with Crippen molar-refractivity contribution in [3.8, 4) is 0 Å². The van der Waals surface area contributed by atoms with Crippen molar-refractivity contribution < 1.29 is 4.74 Å². The van der Waals surface area contributed by atoms with Crippen molar-refractivity contribution in [1.29, 1.82) is 0 Å². The van der Waals surface area contributed by atoms with Crippen LogP contribution in [0.3, 0.4) is 0 Å². The minimum Gasteiger partial charge on any atom is -0.380 e. The third-order valence-electron chi connectivity index (χ3n) is 3.83. The molecule has 0 saturated heterocycles. The molecule has 0 atom stereocenters. The molecule has 0 aliphatic rings. The van der Waals surface area contributed by atoms with Crippen LogP contribution in [0.5, 0.6) is 0 Å². The zero-order valence-electron chi connectivity index (χ0n) is 13.7. The van der Waals surface area contributed by atoms with Crippen LogP contribution in [0.25, 0.3) is 10.8 Å². The van der Waals surface area contributed by atoms with Crippen LogP contribution < -0.4 is 11.1 Å². The van der Waals surface area contributed by atoms with Crippen LogP contribution in [-0.2, 0) is 17.9 Å². The summed E-state index contributed by atoms with van der Waals surface area (Å²) in [4.78, 5) is 4.44. The van der Waals surface area contributed by atoms with Crippen LogP contribution in [0.1, 0.15) is 11.1 Å². The van der Waals surface area contributed by atoms with E-state index in [9.17, 15) is 0 Å². The summed E-state index contributed by atoms with van der Waals surface area (Å²) in [6.07, 6.45) is 0. The molecule has 3 aromatic carbocycles. The highest BCUT2D eigenvalue weighted by molar-refractivity contribution is 5.93. The van der Waals surface area contributed by atoms with Crippen LogP contribution in [-0.4, -0.2) is 13.1 Å². The van der Waals surface area contributed by atoms with E-state index in [-0.39, 0.29) is 0 Å². The molecule has 0 aromatic heterocycles. The van der Waals surface area contributed by atoms with Crippen molar-refractivity contribution in [2.45, 2.75) is 13.2 Å². The monoisotopic (exact) mass is 319 g/mol. The molecule has 0 heterocycles. The van der Waals surface area contributed by atoms with Crippen LogP contribution >= 0.6 is 0 Å². The summed E-state index contributed by atoms with van der Waals surface area (Å²) in [5, 5.41) is 5.59. The Balaban J connectivity index is 1.71. The maximum absolute atomic E-state index is 6.03. The number of para-hydroxylation sites is 1. The zero-order valence-corrected chi connectivity index (χ0v) is 13.7. The van der Waals surface area contributed by atoms with Gasteiger partial charge in [-0.15, -0.1) is 0 Å². The van der Waals surface area contributed by atoms with E-state index >= 15 is 0 Å². The summed E-state index contributed by atoms with van der Waals surface area (Å²) in [7, 11) is 1.67. The Morgan fingerprint density at radius 1 is 1.00 bits per heavy atom. The number of hydrogen-bond donors (Lipinski definition) is 2. The molecule has 3 N–H and O–H groups in total. The first kappa shape index (κ1) is 16.0. The van der Waals surface area contributed by atoms with Gasteiger partial charge in [-0.25, -0.2) is 4.99 Å². The van der Waals surface area contributed by atoms with E-state index in [1.54, 1.807) is 7.11 Å². The molecule has 0 fully saturated rings. The van der Waals surface area contributed by atoms with Gasteiger partial charge in [0.05, 0.1) is 13.2 Å². The number of hydrogen-bond acceptors (Lipinski definition) is 2. The van der Waals surface area contributed by atoms with E-state index in [0.29, 0.717) is 19.1 Å². The van der Waals surface area contributed by atoms with Gasteiger partial charge in [-0.05, 0) is 28.5 Å². The van der Waals surface area contributed by atoms with Gasteiger partial charge in [-0.1, -0.05) is 54.6 Å². The second kappa shape index (κ2) is 7.62. The highest BCUT2D eigenvalue weighted by Crippen LogP contribution is 2.17. The van der Waals surface area contributed by atoms with Gasteiger partial charge >= 0.3 is 0 Å². The number of aliphatic imine (C=N–C) groups is 1. The minimum atomic E-state index is 0.395. The summed E-state index contributed by atoms with van der Waals surface area (Å²) < 4.78 is 5.20. The largest absolute Gasteiger partial charge is 0.380 e. The third-order valence-corrected chi connectivity index (χ3v) is 3.83. The summed E-state index contributed by atoms with van der Waals surface area (Å²) in [6.45, 7) is 1.07. The van der Waals surface area contributed by atoms with Gasteiger partial charge < -0.3 is 15.8 Å². The van der Waals surface area contributed by atoms with Gasteiger partial charge in [0.25, 0.3) is 0 Å². The summed E-state index contributed by atoms with van der Waals surface area (Å²) in [6, 6.07) is 22.5. The number of fused-ring (bicyclic) bond motifs is 1. The summed E-state index contributed by atoms with van der Waals surface area (Å²) in [5.74, 6) is 0.395. The van der Waals surface area contributed by atoms with Crippen LogP contribution in [0.4, 0.5) is 5.69 Å². The molecule has 0 unspecified atom stereocenters. The Kier molecular flexibility index (Phi) is 5.08. The van der Waals surface area contributed by atoms with Crippen molar-refractivity contribution in [2.75, 3.05) is 12.4 Å². The first-order chi connectivity index (χ1) is 11.8. The number of rotatable bonds is 5. The number of nitrogens with two attached hydrogens (primary N) is 1. The lowest BCUT2D eigenvalue weighted by atomic mass is 10.1. The van der Waals surface area contributed by atoms with E-state index in [0.717, 1.165) is 16.8 Å². The molecular weight excluding hydrogens is 298 g/mol. The number of benzene rings is 3. The minimum absolute atomic E-state index is 0.395. The summed E-state index contributed by atoms with van der Waals surface area (Å²) in [5.41, 5.74) is 9.12. The van der Waals surface area contributed by atoms with E-state index in [1.165, 1.54) is 10.8 Å². The first-order valence-corrected chi connectivity index (χ1v) is 7.88. The fraction of sp³-hybridized carbons (Fsp3) is 0.150. The van der Waals surface area contributed by atoms with Crippen molar-refractivity contribution in [2.24, 2.45) is 10.7 Å². The van der Waals surface area contributed by atoms with Crippen molar-refractivity contribution in [1.82, 2.24) is 0 Å². The molecule has 122 valence electrons. The van der Waals surface area contributed by atoms with Gasteiger partial charge in [0.1, 0.15) is 0 Å². The smallest absolute Gasteiger partial charge is 0.193 e. The number of methoxy groups -OCH3 is 1. The van der Waals surface area contributed by atoms with Crippen molar-refractivity contribution in [3.05, 3.63) is 77.9 Å². The quantitative estimate of drug-likeness (QED) is 0.553. The Labute approximate surface area is 142 Å². The van der Waals surface area contributed by atoms with Gasteiger partial charge in [0, 0.05) is 18.4 Å². The SMILES string of the molecule is COCc1ccccc1NC(N)=NCc1ccc2ccccc2c1. The molecule has 0 saturated carbocycles. The molecule has 3 aromatic rings. The van der Waals surface area contributed by atoms with Gasteiger partial charge in [-0.2, -0.15) is 0 Å². The van der Waals surface area contributed by atoms with E-state index in [4.69, 9.17) is 10.5 Å². The van der Waals surface area contributed by atoms with Crippen LogP contribution in [0.15, 0.2) is 71.7 Å². The number of guanidine groups is 1.